The molecule has 8 nitrogen and oxygen atoms in total. The number of hydrazone groups is 1. The molecule has 1 aromatic heterocycles. The van der Waals surface area contributed by atoms with Crippen molar-refractivity contribution in [1.29, 1.82) is 0 Å². The van der Waals surface area contributed by atoms with Crippen LogP contribution in [0, 0.1) is 10.1 Å². The predicted molar refractivity (Wildman–Crippen MR) is 79.5 cm³/mol. The Morgan fingerprint density at radius 3 is 2.91 bits per heavy atom. The lowest BCUT2D eigenvalue weighted by atomic mass is 10.1. The van der Waals surface area contributed by atoms with Crippen LogP contribution in [0.5, 0.6) is 5.75 Å². The first kappa shape index (κ1) is 13.9. The van der Waals surface area contributed by atoms with Gasteiger partial charge in [0.05, 0.1) is 16.1 Å². The number of rotatable bonds is 3. The maximum atomic E-state index is 11.9. The summed E-state index contributed by atoms with van der Waals surface area (Å²) in [5.74, 6) is -0.619. The van der Waals surface area contributed by atoms with E-state index in [1.165, 1.54) is 35.6 Å². The van der Waals surface area contributed by atoms with E-state index in [2.05, 4.69) is 15.5 Å². The number of hydrogen-bond donors (Lipinski definition) is 2. The van der Waals surface area contributed by atoms with E-state index in [4.69, 9.17) is 0 Å². The van der Waals surface area contributed by atoms with E-state index in [0.717, 1.165) is 0 Å². The SMILES string of the molecule is O=C1NN=C(c2nccs2)/C1=C/c1cc(O)ccc1[N+](=O)[O-]. The number of phenols is 1. The first-order valence-corrected chi connectivity index (χ1v) is 6.91. The number of phenolic OH excluding ortho intramolecular Hbond substituents is 1. The van der Waals surface area contributed by atoms with Gasteiger partial charge in [-0.15, -0.1) is 11.3 Å². The van der Waals surface area contributed by atoms with Crippen molar-refractivity contribution in [2.24, 2.45) is 5.10 Å². The Labute approximate surface area is 127 Å². The van der Waals surface area contributed by atoms with Gasteiger partial charge < -0.3 is 5.11 Å². The zero-order valence-corrected chi connectivity index (χ0v) is 11.7. The van der Waals surface area contributed by atoms with Crippen molar-refractivity contribution in [3.63, 3.8) is 0 Å². The van der Waals surface area contributed by atoms with Crippen LogP contribution in [0.4, 0.5) is 5.69 Å². The first-order chi connectivity index (χ1) is 10.6. The highest BCUT2D eigenvalue weighted by molar-refractivity contribution is 7.12. The van der Waals surface area contributed by atoms with Crippen molar-refractivity contribution in [1.82, 2.24) is 10.4 Å². The van der Waals surface area contributed by atoms with Crippen LogP contribution in [-0.2, 0) is 4.79 Å². The standard InChI is InChI=1S/C13H8N4O4S/c18-8-1-2-10(17(20)21)7(5-8)6-9-11(15-16-12(9)19)13-14-3-4-22-13/h1-6,18H,(H,16,19)/b9-6-. The summed E-state index contributed by atoms with van der Waals surface area (Å²) in [4.78, 5) is 26.4. The average molecular weight is 316 g/mol. The van der Waals surface area contributed by atoms with Gasteiger partial charge >= 0.3 is 0 Å². The van der Waals surface area contributed by atoms with Crippen LogP contribution < -0.4 is 5.43 Å². The fourth-order valence-corrected chi connectivity index (χ4v) is 2.59. The van der Waals surface area contributed by atoms with Gasteiger partial charge in [-0.2, -0.15) is 5.10 Å². The molecule has 1 aliphatic rings. The van der Waals surface area contributed by atoms with Crippen LogP contribution in [0.15, 0.2) is 40.5 Å². The van der Waals surface area contributed by atoms with Gasteiger partial charge in [-0.05, 0) is 18.2 Å². The zero-order valence-electron chi connectivity index (χ0n) is 10.9. The van der Waals surface area contributed by atoms with E-state index in [1.54, 1.807) is 11.6 Å². The Morgan fingerprint density at radius 1 is 1.41 bits per heavy atom. The summed E-state index contributed by atoms with van der Waals surface area (Å²) in [6.45, 7) is 0. The molecule has 0 saturated carbocycles. The van der Waals surface area contributed by atoms with Crippen molar-refractivity contribution in [2.75, 3.05) is 0 Å². The summed E-state index contributed by atoms with van der Waals surface area (Å²) in [6, 6.07) is 3.61. The highest BCUT2D eigenvalue weighted by Crippen LogP contribution is 2.27. The second-order valence-corrected chi connectivity index (χ2v) is 5.19. The molecular weight excluding hydrogens is 308 g/mol. The number of thiazole rings is 1. The summed E-state index contributed by atoms with van der Waals surface area (Å²) in [6.07, 6.45) is 2.89. The van der Waals surface area contributed by atoms with Crippen molar-refractivity contribution in [3.05, 3.63) is 56.0 Å². The highest BCUT2D eigenvalue weighted by Gasteiger charge is 2.27. The molecule has 1 aromatic carbocycles. The molecule has 9 heteroatoms. The minimum absolute atomic E-state index is 0.112. The second-order valence-electron chi connectivity index (χ2n) is 4.30. The molecule has 0 atom stereocenters. The van der Waals surface area contributed by atoms with Crippen LogP contribution >= 0.6 is 11.3 Å². The number of benzene rings is 1. The molecular formula is C13H8N4O4S. The maximum Gasteiger partial charge on any atom is 0.276 e. The van der Waals surface area contributed by atoms with Gasteiger partial charge in [0, 0.05) is 17.6 Å². The Kier molecular flexibility index (Phi) is 3.39. The summed E-state index contributed by atoms with van der Waals surface area (Å²) in [7, 11) is 0. The average Bonchev–Trinajstić information content (AvgIpc) is 3.10. The van der Waals surface area contributed by atoms with Crippen molar-refractivity contribution < 1.29 is 14.8 Å². The molecule has 2 N–H and O–H groups in total. The van der Waals surface area contributed by atoms with Crippen molar-refractivity contribution in [3.8, 4) is 5.75 Å². The lowest BCUT2D eigenvalue weighted by molar-refractivity contribution is -0.385. The van der Waals surface area contributed by atoms with Crippen molar-refractivity contribution in [2.45, 2.75) is 0 Å². The Bertz CT molecular complexity index is 827. The van der Waals surface area contributed by atoms with Gasteiger partial charge in [-0.1, -0.05) is 0 Å². The summed E-state index contributed by atoms with van der Waals surface area (Å²) in [5.41, 5.74) is 2.67. The van der Waals surface area contributed by atoms with Crippen LogP contribution in [0.2, 0.25) is 0 Å². The van der Waals surface area contributed by atoms with E-state index in [0.29, 0.717) is 10.7 Å². The molecule has 0 radical (unpaired) electrons. The monoisotopic (exact) mass is 316 g/mol. The molecule has 1 amide bonds. The fraction of sp³-hybridized carbons (Fsp3) is 0. The number of nitro groups is 1. The quantitative estimate of drug-likeness (QED) is 0.507. The highest BCUT2D eigenvalue weighted by atomic mass is 32.1. The molecule has 2 heterocycles. The first-order valence-electron chi connectivity index (χ1n) is 6.03. The Balaban J connectivity index is 2.11. The third-order valence-electron chi connectivity index (χ3n) is 2.91. The molecule has 1 aliphatic heterocycles. The van der Waals surface area contributed by atoms with E-state index in [9.17, 15) is 20.0 Å². The number of nitrogens with one attached hydrogen (secondary N) is 1. The topological polar surface area (TPSA) is 118 Å². The maximum absolute atomic E-state index is 11.9. The third-order valence-corrected chi connectivity index (χ3v) is 3.69. The number of aromatic nitrogens is 1. The normalized spacial score (nSPS) is 15.7. The lowest BCUT2D eigenvalue weighted by Gasteiger charge is -2.01. The number of nitro benzene ring substituents is 1. The zero-order chi connectivity index (χ0) is 15.7. The fourth-order valence-electron chi connectivity index (χ4n) is 1.95. The molecule has 110 valence electrons. The minimum Gasteiger partial charge on any atom is -0.508 e. The summed E-state index contributed by atoms with van der Waals surface area (Å²) >= 11 is 1.29. The number of carbonyl (C=O) groups is 1. The number of aromatic hydroxyl groups is 1. The molecule has 0 unspecified atom stereocenters. The molecule has 0 spiro atoms. The van der Waals surface area contributed by atoms with E-state index < -0.39 is 10.8 Å². The number of hydrogen-bond acceptors (Lipinski definition) is 7. The Morgan fingerprint density at radius 2 is 2.23 bits per heavy atom. The third kappa shape index (κ3) is 2.44. The van der Waals surface area contributed by atoms with Crippen LogP contribution in [0.3, 0.4) is 0 Å². The van der Waals surface area contributed by atoms with Gasteiger partial charge in [0.2, 0.25) is 0 Å². The predicted octanol–water partition coefficient (Wildman–Crippen LogP) is 1.67. The van der Waals surface area contributed by atoms with Gasteiger partial charge in [-0.3, -0.25) is 14.9 Å². The lowest BCUT2D eigenvalue weighted by Crippen LogP contribution is -2.13. The van der Waals surface area contributed by atoms with Gasteiger partial charge in [-0.25, -0.2) is 10.4 Å². The summed E-state index contributed by atoms with van der Waals surface area (Å²) < 4.78 is 0. The van der Waals surface area contributed by atoms with Gasteiger partial charge in [0.1, 0.15) is 16.5 Å². The van der Waals surface area contributed by atoms with E-state index in [-0.39, 0.29) is 22.6 Å². The number of amides is 1. The van der Waals surface area contributed by atoms with E-state index in [1.807, 2.05) is 0 Å². The number of nitrogens with zero attached hydrogens (tertiary/aromatic N) is 3. The molecule has 0 saturated heterocycles. The van der Waals surface area contributed by atoms with Crippen LogP contribution in [0.1, 0.15) is 10.6 Å². The Hall–Kier alpha value is -3.07. The largest absolute Gasteiger partial charge is 0.508 e. The molecule has 2 aromatic rings. The van der Waals surface area contributed by atoms with Crippen LogP contribution in [0.25, 0.3) is 6.08 Å². The molecule has 0 aliphatic carbocycles. The number of carbonyl (C=O) groups excluding carboxylic acids is 1. The molecule has 0 fully saturated rings. The minimum atomic E-state index is -0.584. The molecule has 22 heavy (non-hydrogen) atoms. The second kappa shape index (κ2) is 5.37. The van der Waals surface area contributed by atoms with Crippen LogP contribution in [-0.4, -0.2) is 26.6 Å². The van der Waals surface area contributed by atoms with E-state index >= 15 is 0 Å². The van der Waals surface area contributed by atoms with Crippen molar-refractivity contribution >= 4 is 34.7 Å². The van der Waals surface area contributed by atoms with Gasteiger partial charge in [0.25, 0.3) is 11.6 Å². The molecule has 0 bridgehead atoms. The molecule has 3 rings (SSSR count). The summed E-state index contributed by atoms with van der Waals surface area (Å²) in [5, 5.41) is 26.7. The smallest absolute Gasteiger partial charge is 0.276 e. The van der Waals surface area contributed by atoms with Gasteiger partial charge in [0.15, 0.2) is 0 Å².